The van der Waals surface area contributed by atoms with Crippen molar-refractivity contribution >= 4 is 5.96 Å². The van der Waals surface area contributed by atoms with E-state index in [1.54, 1.807) is 0 Å². The van der Waals surface area contributed by atoms with Crippen LogP contribution in [0.2, 0.25) is 0 Å². The van der Waals surface area contributed by atoms with Crippen LogP contribution in [0.4, 0.5) is 0 Å². The maximum absolute atomic E-state index is 4.52. The molecule has 0 unspecified atom stereocenters. The summed E-state index contributed by atoms with van der Waals surface area (Å²) in [4.78, 5) is 8.89. The van der Waals surface area contributed by atoms with E-state index in [0.29, 0.717) is 19.0 Å². The molecular weight excluding hydrogens is 238 g/mol. The van der Waals surface area contributed by atoms with Crippen LogP contribution >= 0.6 is 0 Å². The van der Waals surface area contributed by atoms with Gasteiger partial charge in [-0.2, -0.15) is 0 Å². The molecular formula is C14H25N5. The summed E-state index contributed by atoms with van der Waals surface area (Å²) in [6, 6.07) is 0. The van der Waals surface area contributed by atoms with Gasteiger partial charge in [0.1, 0.15) is 12.4 Å². The van der Waals surface area contributed by atoms with Crippen molar-refractivity contribution in [2.75, 3.05) is 13.1 Å². The molecule has 0 aliphatic carbocycles. The molecule has 2 N–H and O–H groups in total. The Labute approximate surface area is 115 Å². The number of guanidine groups is 1. The zero-order chi connectivity index (χ0) is 14.1. The first-order chi connectivity index (χ1) is 9.17. The number of aromatic nitrogens is 2. The van der Waals surface area contributed by atoms with Gasteiger partial charge >= 0.3 is 0 Å². The molecule has 0 spiro atoms. The molecule has 0 aliphatic heterocycles. The minimum Gasteiger partial charge on any atom is -0.357 e. The Morgan fingerprint density at radius 3 is 2.95 bits per heavy atom. The van der Waals surface area contributed by atoms with Gasteiger partial charge in [0.05, 0.1) is 0 Å². The Kier molecular flexibility index (Phi) is 6.71. The van der Waals surface area contributed by atoms with E-state index in [4.69, 9.17) is 0 Å². The van der Waals surface area contributed by atoms with Crippen LogP contribution in [-0.4, -0.2) is 28.6 Å². The summed E-state index contributed by atoms with van der Waals surface area (Å²) in [5.74, 6) is 2.38. The Morgan fingerprint density at radius 2 is 2.32 bits per heavy atom. The summed E-state index contributed by atoms with van der Waals surface area (Å²) in [6.45, 7) is 13.2. The van der Waals surface area contributed by atoms with Crippen LogP contribution in [0.15, 0.2) is 30.0 Å². The fourth-order valence-corrected chi connectivity index (χ4v) is 1.71. The highest BCUT2D eigenvalue weighted by molar-refractivity contribution is 5.79. The lowest BCUT2D eigenvalue weighted by atomic mass is 10.2. The molecule has 106 valence electrons. The quantitative estimate of drug-likeness (QED) is 0.448. The molecule has 5 nitrogen and oxygen atoms in total. The Balaban J connectivity index is 2.65. The lowest BCUT2D eigenvalue weighted by Gasteiger charge is -2.11. The van der Waals surface area contributed by atoms with Gasteiger partial charge < -0.3 is 15.2 Å². The summed E-state index contributed by atoms with van der Waals surface area (Å²) in [7, 11) is 0. The van der Waals surface area contributed by atoms with Crippen molar-refractivity contribution in [2.45, 2.75) is 33.9 Å². The van der Waals surface area contributed by atoms with Crippen LogP contribution in [0.5, 0.6) is 0 Å². The summed E-state index contributed by atoms with van der Waals surface area (Å²) < 4.78 is 2.16. The number of imidazole rings is 1. The van der Waals surface area contributed by atoms with Crippen molar-refractivity contribution in [1.29, 1.82) is 0 Å². The van der Waals surface area contributed by atoms with Gasteiger partial charge in [0.15, 0.2) is 5.96 Å². The van der Waals surface area contributed by atoms with Crippen molar-refractivity contribution in [3.05, 3.63) is 30.9 Å². The van der Waals surface area contributed by atoms with E-state index < -0.39 is 0 Å². The van der Waals surface area contributed by atoms with E-state index in [2.05, 4.69) is 45.6 Å². The number of hydrogen-bond acceptors (Lipinski definition) is 2. The smallest absolute Gasteiger partial charge is 0.191 e. The van der Waals surface area contributed by atoms with Gasteiger partial charge in [-0.15, -0.1) is 6.58 Å². The molecule has 0 amide bonds. The largest absolute Gasteiger partial charge is 0.357 e. The summed E-state index contributed by atoms with van der Waals surface area (Å²) >= 11 is 0. The van der Waals surface area contributed by atoms with Gasteiger partial charge in [-0.3, -0.25) is 0 Å². The van der Waals surface area contributed by atoms with E-state index >= 15 is 0 Å². The molecule has 0 bridgehead atoms. The average Bonchev–Trinajstić information content (AvgIpc) is 2.79. The molecule has 5 heteroatoms. The predicted octanol–water partition coefficient (Wildman–Crippen LogP) is 1.78. The topological polar surface area (TPSA) is 54.2 Å². The molecule has 1 aromatic rings. The molecule has 0 radical (unpaired) electrons. The fourth-order valence-electron chi connectivity index (χ4n) is 1.71. The molecule has 0 fully saturated rings. The Bertz CT molecular complexity index is 406. The molecule has 1 aromatic heterocycles. The minimum absolute atomic E-state index is 0.576. The van der Waals surface area contributed by atoms with Crippen LogP contribution < -0.4 is 10.6 Å². The fraction of sp³-hybridized carbons (Fsp3) is 0.571. The molecule has 1 rings (SSSR count). The monoisotopic (exact) mass is 263 g/mol. The van der Waals surface area contributed by atoms with Crippen LogP contribution in [0, 0.1) is 5.92 Å². The molecule has 0 saturated carbocycles. The standard InChI is InChI=1S/C14H25N5/c1-5-7-17-14(15-6-2)18-10-13-16-8-9-19(13)11-12(3)4/h5,8-9,12H,1,6-7,10-11H2,2-4H3,(H2,15,17,18). The first-order valence-corrected chi connectivity index (χ1v) is 6.80. The van der Waals surface area contributed by atoms with Crippen molar-refractivity contribution in [1.82, 2.24) is 20.2 Å². The molecule has 19 heavy (non-hydrogen) atoms. The van der Waals surface area contributed by atoms with Crippen molar-refractivity contribution < 1.29 is 0 Å². The molecule has 0 aromatic carbocycles. The van der Waals surface area contributed by atoms with Crippen molar-refractivity contribution in [3.63, 3.8) is 0 Å². The van der Waals surface area contributed by atoms with E-state index in [0.717, 1.165) is 24.9 Å². The molecule has 1 heterocycles. The second-order valence-corrected chi connectivity index (χ2v) is 4.75. The molecule has 0 aliphatic rings. The summed E-state index contributed by atoms with van der Waals surface area (Å²) in [6.07, 6.45) is 5.65. The van der Waals surface area contributed by atoms with E-state index in [-0.39, 0.29) is 0 Å². The maximum atomic E-state index is 4.52. The predicted molar refractivity (Wildman–Crippen MR) is 80.1 cm³/mol. The van der Waals surface area contributed by atoms with Crippen LogP contribution in [-0.2, 0) is 13.1 Å². The van der Waals surface area contributed by atoms with Gasteiger partial charge in [-0.25, -0.2) is 9.98 Å². The second-order valence-electron chi connectivity index (χ2n) is 4.75. The Hall–Kier alpha value is -1.78. The third-order valence-electron chi connectivity index (χ3n) is 2.50. The molecule has 0 atom stereocenters. The van der Waals surface area contributed by atoms with Gasteiger partial charge in [0.25, 0.3) is 0 Å². The van der Waals surface area contributed by atoms with Crippen molar-refractivity contribution in [3.8, 4) is 0 Å². The highest BCUT2D eigenvalue weighted by atomic mass is 15.2. The third kappa shape index (κ3) is 5.59. The molecule has 0 saturated heterocycles. The SMILES string of the molecule is C=CCNC(=NCc1nccn1CC(C)C)NCC. The van der Waals surface area contributed by atoms with Crippen LogP contribution in [0.1, 0.15) is 26.6 Å². The van der Waals surface area contributed by atoms with Gasteiger partial charge in [-0.1, -0.05) is 19.9 Å². The first-order valence-electron chi connectivity index (χ1n) is 6.80. The first kappa shape index (κ1) is 15.3. The van der Waals surface area contributed by atoms with Gasteiger partial charge in [0, 0.05) is 32.0 Å². The van der Waals surface area contributed by atoms with Crippen LogP contribution in [0.25, 0.3) is 0 Å². The Morgan fingerprint density at radius 1 is 1.53 bits per heavy atom. The van der Waals surface area contributed by atoms with Crippen molar-refractivity contribution in [2.24, 2.45) is 10.9 Å². The van der Waals surface area contributed by atoms with Gasteiger partial charge in [0.2, 0.25) is 0 Å². The highest BCUT2D eigenvalue weighted by Crippen LogP contribution is 2.04. The number of aliphatic imine (C=N–C) groups is 1. The lowest BCUT2D eigenvalue weighted by Crippen LogP contribution is -2.37. The maximum Gasteiger partial charge on any atom is 0.191 e. The zero-order valence-corrected chi connectivity index (χ0v) is 12.2. The minimum atomic E-state index is 0.576. The second kappa shape index (κ2) is 8.34. The third-order valence-corrected chi connectivity index (χ3v) is 2.50. The number of nitrogens with zero attached hydrogens (tertiary/aromatic N) is 3. The van der Waals surface area contributed by atoms with Gasteiger partial charge in [-0.05, 0) is 12.8 Å². The number of hydrogen-bond donors (Lipinski definition) is 2. The lowest BCUT2D eigenvalue weighted by molar-refractivity contribution is 0.507. The van der Waals surface area contributed by atoms with Crippen LogP contribution in [0.3, 0.4) is 0 Å². The summed E-state index contributed by atoms with van der Waals surface area (Å²) in [5.41, 5.74) is 0. The number of nitrogens with one attached hydrogen (secondary N) is 2. The van der Waals surface area contributed by atoms with E-state index in [1.165, 1.54) is 0 Å². The van der Waals surface area contributed by atoms with E-state index in [1.807, 2.05) is 25.4 Å². The zero-order valence-electron chi connectivity index (χ0n) is 12.2. The summed E-state index contributed by atoms with van der Waals surface area (Å²) in [5, 5.41) is 6.37. The average molecular weight is 263 g/mol. The highest BCUT2D eigenvalue weighted by Gasteiger charge is 2.04. The number of rotatable bonds is 7. The van der Waals surface area contributed by atoms with E-state index in [9.17, 15) is 0 Å². The normalized spacial score (nSPS) is 11.7.